The largest absolute Gasteiger partial charge is 0.391 e. The molecule has 0 aliphatic carbocycles. The summed E-state index contributed by atoms with van der Waals surface area (Å²) in [6.45, 7) is 4.37. The molecular weight excluding hydrogens is 228 g/mol. The first-order valence-corrected chi connectivity index (χ1v) is 6.45. The van der Waals surface area contributed by atoms with Gasteiger partial charge in [-0.15, -0.1) is 0 Å². The smallest absolute Gasteiger partial charge is 0.319 e. The summed E-state index contributed by atoms with van der Waals surface area (Å²) in [4.78, 5) is 11.6. The lowest BCUT2D eigenvalue weighted by Crippen LogP contribution is -2.38. The Morgan fingerprint density at radius 3 is 2.39 bits per heavy atom. The van der Waals surface area contributed by atoms with E-state index in [1.807, 2.05) is 44.2 Å². The summed E-state index contributed by atoms with van der Waals surface area (Å²) in [5.41, 5.74) is 0.743. The highest BCUT2D eigenvalue weighted by Crippen LogP contribution is 2.12. The van der Waals surface area contributed by atoms with Gasteiger partial charge in [-0.2, -0.15) is 0 Å². The third-order valence-electron chi connectivity index (χ3n) is 3.10. The van der Waals surface area contributed by atoms with E-state index in [-0.39, 0.29) is 18.5 Å². The summed E-state index contributed by atoms with van der Waals surface area (Å²) in [6.07, 6.45) is 1.35. The third-order valence-corrected chi connectivity index (χ3v) is 3.10. The topological polar surface area (TPSA) is 61.4 Å². The molecule has 4 nitrogen and oxygen atoms in total. The Labute approximate surface area is 108 Å². The maximum Gasteiger partial charge on any atom is 0.319 e. The number of carbonyl (C=O) groups is 1. The predicted octanol–water partition coefficient (Wildman–Crippen LogP) is 2.61. The minimum Gasteiger partial charge on any atom is -0.391 e. The Morgan fingerprint density at radius 2 is 1.83 bits per heavy atom. The molecule has 0 aromatic heterocycles. The van der Waals surface area contributed by atoms with Gasteiger partial charge in [-0.25, -0.2) is 4.79 Å². The number of urea groups is 1. The van der Waals surface area contributed by atoms with Crippen molar-refractivity contribution in [3.05, 3.63) is 30.3 Å². The molecule has 4 heteroatoms. The monoisotopic (exact) mass is 250 g/mol. The van der Waals surface area contributed by atoms with Crippen molar-refractivity contribution in [2.75, 3.05) is 11.9 Å². The predicted molar refractivity (Wildman–Crippen MR) is 73.5 cm³/mol. The summed E-state index contributed by atoms with van der Waals surface area (Å²) in [6, 6.07) is 8.95. The highest BCUT2D eigenvalue weighted by molar-refractivity contribution is 5.89. The SMILES string of the molecule is CCC(CC)C(O)CNC(=O)Nc1ccccc1. The van der Waals surface area contributed by atoms with Crippen LogP contribution in [-0.4, -0.2) is 23.8 Å². The molecule has 0 saturated heterocycles. The highest BCUT2D eigenvalue weighted by atomic mass is 16.3. The van der Waals surface area contributed by atoms with Crippen molar-refractivity contribution >= 4 is 11.7 Å². The minimum absolute atomic E-state index is 0.238. The molecule has 0 heterocycles. The zero-order chi connectivity index (χ0) is 13.4. The van der Waals surface area contributed by atoms with Crippen LogP contribution in [0.15, 0.2) is 30.3 Å². The summed E-state index contributed by atoms with van der Waals surface area (Å²) in [5.74, 6) is 0.238. The molecular formula is C14H22N2O2. The number of aliphatic hydroxyl groups excluding tert-OH is 1. The molecule has 1 unspecified atom stereocenters. The van der Waals surface area contributed by atoms with E-state index in [4.69, 9.17) is 0 Å². The van der Waals surface area contributed by atoms with Gasteiger partial charge in [-0.1, -0.05) is 44.9 Å². The number of nitrogens with one attached hydrogen (secondary N) is 2. The first kappa shape index (κ1) is 14.5. The molecule has 0 aliphatic heterocycles. The Morgan fingerprint density at radius 1 is 1.22 bits per heavy atom. The fourth-order valence-corrected chi connectivity index (χ4v) is 1.89. The van der Waals surface area contributed by atoms with Crippen LogP contribution in [0, 0.1) is 5.92 Å². The van der Waals surface area contributed by atoms with E-state index in [2.05, 4.69) is 10.6 Å². The summed E-state index contributed by atoms with van der Waals surface area (Å²) >= 11 is 0. The Hall–Kier alpha value is -1.55. The molecule has 0 saturated carbocycles. The number of anilines is 1. The lowest BCUT2D eigenvalue weighted by molar-refractivity contribution is 0.104. The van der Waals surface area contributed by atoms with E-state index in [1.54, 1.807) is 0 Å². The van der Waals surface area contributed by atoms with E-state index < -0.39 is 6.10 Å². The number of hydrogen-bond donors (Lipinski definition) is 3. The Bertz CT molecular complexity index is 350. The molecule has 0 fully saturated rings. The van der Waals surface area contributed by atoms with Gasteiger partial charge in [0.05, 0.1) is 6.10 Å². The number of amides is 2. The van der Waals surface area contributed by atoms with Crippen molar-refractivity contribution in [3.63, 3.8) is 0 Å². The molecule has 100 valence electrons. The Kier molecular flexibility index (Phi) is 6.22. The normalized spacial score (nSPS) is 12.2. The standard InChI is InChI=1S/C14H22N2O2/c1-3-11(4-2)13(17)10-15-14(18)16-12-8-6-5-7-9-12/h5-9,11,13,17H,3-4,10H2,1-2H3,(H2,15,16,18). The number of benzene rings is 1. The van der Waals surface area contributed by atoms with Crippen molar-refractivity contribution in [2.45, 2.75) is 32.8 Å². The van der Waals surface area contributed by atoms with Crippen molar-refractivity contribution in [1.29, 1.82) is 0 Å². The molecule has 0 aliphatic rings. The second-order valence-electron chi connectivity index (χ2n) is 4.34. The van der Waals surface area contributed by atoms with Crippen molar-refractivity contribution in [1.82, 2.24) is 5.32 Å². The first-order chi connectivity index (χ1) is 8.67. The summed E-state index contributed by atoms with van der Waals surface area (Å²) < 4.78 is 0. The second kappa shape index (κ2) is 7.71. The molecule has 1 aromatic rings. The molecule has 1 atom stereocenters. The van der Waals surface area contributed by atoms with Crippen LogP contribution in [0.5, 0.6) is 0 Å². The van der Waals surface area contributed by atoms with Gasteiger partial charge in [0.25, 0.3) is 0 Å². The van der Waals surface area contributed by atoms with Gasteiger partial charge in [-0.05, 0) is 18.1 Å². The van der Waals surface area contributed by atoms with E-state index in [9.17, 15) is 9.90 Å². The van der Waals surface area contributed by atoms with Crippen LogP contribution in [0.4, 0.5) is 10.5 Å². The van der Waals surface area contributed by atoms with Gasteiger partial charge < -0.3 is 15.7 Å². The van der Waals surface area contributed by atoms with Crippen LogP contribution in [0.3, 0.4) is 0 Å². The molecule has 1 aromatic carbocycles. The summed E-state index contributed by atoms with van der Waals surface area (Å²) in [5, 5.41) is 15.3. The minimum atomic E-state index is -0.485. The van der Waals surface area contributed by atoms with Crippen LogP contribution in [0.25, 0.3) is 0 Å². The van der Waals surface area contributed by atoms with Crippen LogP contribution < -0.4 is 10.6 Å². The quantitative estimate of drug-likeness (QED) is 0.726. The van der Waals surface area contributed by atoms with Gasteiger partial charge in [0.15, 0.2) is 0 Å². The van der Waals surface area contributed by atoms with Crippen molar-refractivity contribution < 1.29 is 9.90 Å². The zero-order valence-corrected chi connectivity index (χ0v) is 11.0. The average molecular weight is 250 g/mol. The maximum atomic E-state index is 11.6. The summed E-state index contributed by atoms with van der Waals surface area (Å²) in [7, 11) is 0. The van der Waals surface area contributed by atoms with E-state index in [1.165, 1.54) is 0 Å². The highest BCUT2D eigenvalue weighted by Gasteiger charge is 2.15. The van der Waals surface area contributed by atoms with Gasteiger partial charge in [0.2, 0.25) is 0 Å². The molecule has 2 amide bonds. The maximum absolute atomic E-state index is 11.6. The lowest BCUT2D eigenvalue weighted by Gasteiger charge is -2.20. The molecule has 0 bridgehead atoms. The fourth-order valence-electron chi connectivity index (χ4n) is 1.89. The molecule has 1 rings (SSSR count). The molecule has 18 heavy (non-hydrogen) atoms. The molecule has 3 N–H and O–H groups in total. The number of rotatable bonds is 6. The number of hydrogen-bond acceptors (Lipinski definition) is 2. The van der Waals surface area contributed by atoms with Crippen LogP contribution in [-0.2, 0) is 0 Å². The average Bonchev–Trinajstić information content (AvgIpc) is 2.39. The van der Waals surface area contributed by atoms with Gasteiger partial charge in [0.1, 0.15) is 0 Å². The molecule has 0 spiro atoms. The van der Waals surface area contributed by atoms with Crippen LogP contribution >= 0.6 is 0 Å². The fraction of sp³-hybridized carbons (Fsp3) is 0.500. The number of carbonyl (C=O) groups excluding carboxylic acids is 1. The lowest BCUT2D eigenvalue weighted by atomic mass is 9.97. The zero-order valence-electron chi connectivity index (χ0n) is 11.0. The van der Waals surface area contributed by atoms with Crippen molar-refractivity contribution in [3.8, 4) is 0 Å². The first-order valence-electron chi connectivity index (χ1n) is 6.45. The van der Waals surface area contributed by atoms with Crippen molar-refractivity contribution in [2.24, 2.45) is 5.92 Å². The third kappa shape index (κ3) is 4.75. The Balaban J connectivity index is 2.33. The van der Waals surface area contributed by atoms with Gasteiger partial charge in [0, 0.05) is 12.2 Å². The number of aliphatic hydroxyl groups is 1. The van der Waals surface area contributed by atoms with E-state index in [0.717, 1.165) is 18.5 Å². The van der Waals surface area contributed by atoms with Crippen LogP contribution in [0.1, 0.15) is 26.7 Å². The number of para-hydroxylation sites is 1. The van der Waals surface area contributed by atoms with Crippen LogP contribution in [0.2, 0.25) is 0 Å². The van der Waals surface area contributed by atoms with Gasteiger partial charge >= 0.3 is 6.03 Å². The van der Waals surface area contributed by atoms with Gasteiger partial charge in [-0.3, -0.25) is 0 Å². The van der Waals surface area contributed by atoms with E-state index >= 15 is 0 Å². The second-order valence-corrected chi connectivity index (χ2v) is 4.34. The molecule has 0 radical (unpaired) electrons. The van der Waals surface area contributed by atoms with E-state index in [0.29, 0.717) is 0 Å².